The van der Waals surface area contributed by atoms with Gasteiger partial charge in [0.15, 0.2) is 11.6 Å². The second-order valence-corrected chi connectivity index (χ2v) is 10.4. The van der Waals surface area contributed by atoms with Gasteiger partial charge in [-0.05, 0) is 42.3 Å². The van der Waals surface area contributed by atoms with Gasteiger partial charge in [-0.15, -0.1) is 0 Å². The van der Waals surface area contributed by atoms with Gasteiger partial charge < -0.3 is 15.8 Å². The maximum absolute atomic E-state index is 16.1. The number of nitrogens with one attached hydrogen (secondary N) is 1. The van der Waals surface area contributed by atoms with Gasteiger partial charge in [0, 0.05) is 6.20 Å². The van der Waals surface area contributed by atoms with Gasteiger partial charge in [0.05, 0.1) is 48.6 Å². The molecule has 0 radical (unpaired) electrons. The normalized spacial score (nSPS) is 11.2. The van der Waals surface area contributed by atoms with Crippen LogP contribution < -0.4 is 20.1 Å². The summed E-state index contributed by atoms with van der Waals surface area (Å²) in [5.41, 5.74) is 5.28. The lowest BCUT2D eigenvalue weighted by molar-refractivity contribution is 0.102. The molecule has 0 atom stereocenters. The van der Waals surface area contributed by atoms with Gasteiger partial charge in [-0.3, -0.25) is 18.5 Å². The average molecular weight is 568 g/mol. The van der Waals surface area contributed by atoms with E-state index in [0.717, 1.165) is 16.7 Å². The number of hydrogen-bond acceptors (Lipinski definition) is 9. The Hall–Kier alpha value is -4.90. The Labute approximate surface area is 228 Å². The number of benzene rings is 2. The maximum Gasteiger partial charge on any atom is 0.258 e. The molecule has 0 bridgehead atoms. The largest absolute Gasteiger partial charge is 0.497 e. The number of hydrogen-bond donors (Lipinski definition) is 2. The van der Waals surface area contributed by atoms with E-state index in [2.05, 4.69) is 20.3 Å². The van der Waals surface area contributed by atoms with Gasteiger partial charge in [0.1, 0.15) is 29.2 Å². The molecule has 2 heterocycles. The number of sulfonamides is 1. The molecule has 4 rings (SSSR count). The maximum atomic E-state index is 16.1. The number of nitrogen functional groups attached to an aromatic ring is 1. The topological polar surface area (TPSA) is 164 Å². The lowest BCUT2D eigenvalue weighted by Gasteiger charge is -2.26. The molecule has 206 valence electrons. The van der Waals surface area contributed by atoms with Crippen LogP contribution >= 0.6 is 0 Å². The number of halogens is 2. The number of nitrogens with zero attached hydrogens (tertiary/aromatic N) is 5. The molecule has 11 nitrogen and oxygen atoms in total. The van der Waals surface area contributed by atoms with Crippen molar-refractivity contribution < 1.29 is 26.7 Å². The molecule has 0 aliphatic rings. The third-order valence-corrected chi connectivity index (χ3v) is 7.70. The van der Waals surface area contributed by atoms with Crippen LogP contribution in [0.25, 0.3) is 11.0 Å². The summed E-state index contributed by atoms with van der Waals surface area (Å²) in [6, 6.07) is 11.8. The van der Waals surface area contributed by atoms with Crippen LogP contribution in [0.4, 0.5) is 26.0 Å². The number of nitriles is 1. The van der Waals surface area contributed by atoms with Gasteiger partial charge in [-0.1, -0.05) is 12.1 Å². The van der Waals surface area contributed by atoms with E-state index in [0.29, 0.717) is 11.3 Å². The first-order valence-corrected chi connectivity index (χ1v) is 13.4. The number of methoxy groups -OCH3 is 1. The monoisotopic (exact) mass is 567 g/mol. The molecule has 0 unspecified atom stereocenters. The van der Waals surface area contributed by atoms with Crippen molar-refractivity contribution in [2.45, 2.75) is 13.0 Å². The van der Waals surface area contributed by atoms with Gasteiger partial charge >= 0.3 is 0 Å². The highest BCUT2D eigenvalue weighted by Gasteiger charge is 2.28. The zero-order valence-corrected chi connectivity index (χ0v) is 22.0. The number of ether oxygens (including phenoxy) is 1. The molecule has 0 aliphatic heterocycles. The number of fused-ring (bicyclic) bond motifs is 1. The minimum absolute atomic E-state index is 0.0261. The number of nitrogens with two attached hydrogens (primary N) is 1. The van der Waals surface area contributed by atoms with Crippen molar-refractivity contribution in [3.8, 4) is 11.8 Å². The van der Waals surface area contributed by atoms with Crippen LogP contribution in [0, 0.1) is 17.1 Å². The van der Waals surface area contributed by atoms with Crippen molar-refractivity contribution in [2.24, 2.45) is 0 Å². The molecule has 2 aromatic heterocycles. The van der Waals surface area contributed by atoms with E-state index < -0.39 is 45.5 Å². The third kappa shape index (κ3) is 5.74. The van der Waals surface area contributed by atoms with E-state index in [4.69, 9.17) is 10.5 Å². The van der Waals surface area contributed by atoms with E-state index in [1.54, 1.807) is 30.3 Å². The molecule has 0 saturated heterocycles. The zero-order valence-electron chi connectivity index (χ0n) is 21.1. The van der Waals surface area contributed by atoms with Crippen molar-refractivity contribution in [1.82, 2.24) is 15.0 Å². The highest BCUT2D eigenvalue weighted by molar-refractivity contribution is 7.92. The first-order valence-electron chi connectivity index (χ1n) is 11.8. The van der Waals surface area contributed by atoms with Crippen molar-refractivity contribution in [1.29, 1.82) is 5.26 Å². The molecule has 0 spiro atoms. The van der Waals surface area contributed by atoms with Crippen molar-refractivity contribution in [2.75, 3.05) is 34.9 Å². The van der Waals surface area contributed by atoms with Crippen molar-refractivity contribution >= 4 is 44.2 Å². The average Bonchev–Trinajstić information content (AvgIpc) is 2.96. The minimum Gasteiger partial charge on any atom is -0.497 e. The summed E-state index contributed by atoms with van der Waals surface area (Å²) in [5, 5.41) is 12.0. The molecular weight excluding hydrogens is 544 g/mol. The number of aromatic nitrogens is 3. The third-order valence-electron chi connectivity index (χ3n) is 5.90. The minimum atomic E-state index is -4.24. The quantitative estimate of drug-likeness (QED) is 0.291. The number of carbonyl (C=O) groups excluding carboxylic acids is 1. The number of rotatable bonds is 10. The molecule has 3 N–H and O–H groups in total. The fraction of sp³-hybridized carbons (Fsp3) is 0.192. The fourth-order valence-corrected chi connectivity index (χ4v) is 5.38. The Kier molecular flexibility index (Phi) is 8.34. The summed E-state index contributed by atoms with van der Waals surface area (Å²) in [4.78, 5) is 25.2. The summed E-state index contributed by atoms with van der Waals surface area (Å²) >= 11 is 0. The van der Waals surface area contributed by atoms with Crippen LogP contribution in [0.1, 0.15) is 27.9 Å². The van der Waals surface area contributed by atoms with Crippen LogP contribution in [0.15, 0.2) is 55.0 Å². The summed E-state index contributed by atoms with van der Waals surface area (Å²) in [5.74, 6) is -2.05. The van der Waals surface area contributed by atoms with Gasteiger partial charge in [0.25, 0.3) is 5.91 Å². The highest BCUT2D eigenvalue weighted by Crippen LogP contribution is 2.33. The van der Waals surface area contributed by atoms with E-state index >= 15 is 4.39 Å². The first-order chi connectivity index (χ1) is 19.2. The predicted molar refractivity (Wildman–Crippen MR) is 144 cm³/mol. The molecule has 40 heavy (non-hydrogen) atoms. The highest BCUT2D eigenvalue weighted by atomic mass is 32.2. The van der Waals surface area contributed by atoms with Gasteiger partial charge in [0.2, 0.25) is 10.0 Å². The van der Waals surface area contributed by atoms with E-state index in [-0.39, 0.29) is 40.9 Å². The van der Waals surface area contributed by atoms with Crippen molar-refractivity contribution in [3.05, 3.63) is 77.5 Å². The van der Waals surface area contributed by atoms with Crippen LogP contribution in [0.5, 0.6) is 5.75 Å². The van der Waals surface area contributed by atoms with E-state index in [1.165, 1.54) is 25.4 Å². The summed E-state index contributed by atoms with van der Waals surface area (Å²) < 4.78 is 61.4. The lowest BCUT2D eigenvalue weighted by Crippen LogP contribution is -2.34. The van der Waals surface area contributed by atoms with E-state index in [1.807, 2.05) is 0 Å². The Morgan fingerprint density at radius 3 is 2.55 bits per heavy atom. The number of carbonyl (C=O) groups is 1. The van der Waals surface area contributed by atoms with Crippen molar-refractivity contribution in [3.63, 3.8) is 0 Å². The molecular formula is C26H23F2N7O4S. The second-order valence-electron chi connectivity index (χ2n) is 8.42. The number of alkyl halides is 1. The molecule has 14 heteroatoms. The number of anilines is 3. The Morgan fingerprint density at radius 1 is 1.12 bits per heavy atom. The molecule has 0 aliphatic carbocycles. The Morgan fingerprint density at radius 2 is 1.88 bits per heavy atom. The molecule has 0 saturated carbocycles. The first kappa shape index (κ1) is 28.1. The molecule has 1 amide bonds. The van der Waals surface area contributed by atoms with Gasteiger partial charge in [-0.2, -0.15) is 5.26 Å². The standard InChI is InChI=1S/C26H23F2N7O4S/c1-39-18-6-3-16(4-7-18)14-35(40(37,38)12-2-10-27)20-8-5-17(13-29)22(21(20)28)34-26(36)19-9-11-31-24-23(19)32-15-33-25(24)30/h3-9,11,15H,2,10,12,14H2,1H3,(H,34,36)(H2,30,32,33). The predicted octanol–water partition coefficient (Wildman–Crippen LogP) is 3.57. The lowest BCUT2D eigenvalue weighted by atomic mass is 10.1. The zero-order chi connectivity index (χ0) is 28.9. The Bertz CT molecular complexity index is 1710. The smallest absolute Gasteiger partial charge is 0.258 e. The summed E-state index contributed by atoms with van der Waals surface area (Å²) in [6.45, 7) is -1.19. The van der Waals surface area contributed by atoms with Gasteiger partial charge in [-0.25, -0.2) is 22.8 Å². The van der Waals surface area contributed by atoms with Crippen LogP contribution in [-0.4, -0.2) is 48.8 Å². The SMILES string of the molecule is COc1ccc(CN(c2ccc(C#N)c(NC(=O)c3ccnc4c(N)ncnc34)c2F)S(=O)(=O)CCCF)cc1. The fourth-order valence-electron chi connectivity index (χ4n) is 3.90. The number of pyridine rings is 1. The Balaban J connectivity index is 1.78. The summed E-state index contributed by atoms with van der Waals surface area (Å²) in [6.07, 6.45) is 2.13. The summed E-state index contributed by atoms with van der Waals surface area (Å²) in [7, 11) is -2.76. The van der Waals surface area contributed by atoms with Crippen LogP contribution in [-0.2, 0) is 16.6 Å². The second kappa shape index (κ2) is 11.9. The van der Waals surface area contributed by atoms with E-state index in [9.17, 15) is 22.9 Å². The molecule has 2 aromatic carbocycles. The molecule has 4 aromatic rings. The number of amides is 1. The van der Waals surface area contributed by atoms with Crippen LogP contribution in [0.2, 0.25) is 0 Å². The molecule has 0 fully saturated rings. The van der Waals surface area contributed by atoms with Crippen LogP contribution in [0.3, 0.4) is 0 Å².